The standard InChI is InChI=1S/C18H21NO2/c19-18-16-9-5-4-6-14(16)10-11-17(18)21-13-12-20-15-7-2-1-3-8-15/h1-9,17-18H,10-13,19H2. The van der Waals surface area contributed by atoms with E-state index in [2.05, 4.69) is 18.2 Å². The minimum absolute atomic E-state index is 0.0355. The molecule has 3 rings (SSSR count). The topological polar surface area (TPSA) is 44.5 Å². The Balaban J connectivity index is 1.48. The Bertz CT molecular complexity index is 570. The lowest BCUT2D eigenvalue weighted by Crippen LogP contribution is -2.34. The van der Waals surface area contributed by atoms with Crippen LogP contribution in [0.5, 0.6) is 5.75 Å². The highest BCUT2D eigenvalue weighted by Crippen LogP contribution is 2.29. The van der Waals surface area contributed by atoms with E-state index in [1.54, 1.807) is 0 Å². The first-order chi connectivity index (χ1) is 10.3. The van der Waals surface area contributed by atoms with E-state index in [1.165, 1.54) is 11.1 Å². The molecule has 3 heteroatoms. The lowest BCUT2D eigenvalue weighted by Gasteiger charge is -2.31. The summed E-state index contributed by atoms with van der Waals surface area (Å²) in [5, 5.41) is 0. The molecule has 0 spiro atoms. The molecule has 0 fully saturated rings. The monoisotopic (exact) mass is 283 g/mol. The molecule has 21 heavy (non-hydrogen) atoms. The Labute approximate surface area is 125 Å². The van der Waals surface area contributed by atoms with Crippen molar-refractivity contribution < 1.29 is 9.47 Å². The minimum Gasteiger partial charge on any atom is -0.491 e. The number of rotatable bonds is 5. The van der Waals surface area contributed by atoms with Gasteiger partial charge in [-0.05, 0) is 36.1 Å². The van der Waals surface area contributed by atoms with E-state index < -0.39 is 0 Å². The van der Waals surface area contributed by atoms with Crippen LogP contribution in [0.4, 0.5) is 0 Å². The summed E-state index contributed by atoms with van der Waals surface area (Å²) in [6, 6.07) is 18.1. The van der Waals surface area contributed by atoms with Crippen molar-refractivity contribution in [3.8, 4) is 5.75 Å². The molecule has 0 radical (unpaired) electrons. The summed E-state index contributed by atoms with van der Waals surface area (Å²) in [7, 11) is 0. The largest absolute Gasteiger partial charge is 0.491 e. The molecule has 2 aromatic rings. The van der Waals surface area contributed by atoms with Crippen LogP contribution in [0.25, 0.3) is 0 Å². The summed E-state index contributed by atoms with van der Waals surface area (Å²) in [6.07, 6.45) is 2.09. The van der Waals surface area contributed by atoms with E-state index in [0.717, 1.165) is 18.6 Å². The number of nitrogens with two attached hydrogens (primary N) is 1. The molecule has 1 aliphatic carbocycles. The molecular formula is C18H21NO2. The third-order valence-corrected chi connectivity index (χ3v) is 3.94. The highest BCUT2D eigenvalue weighted by atomic mass is 16.5. The zero-order valence-electron chi connectivity index (χ0n) is 12.1. The molecule has 2 aromatic carbocycles. The van der Waals surface area contributed by atoms with E-state index in [0.29, 0.717) is 13.2 Å². The molecule has 3 nitrogen and oxygen atoms in total. The van der Waals surface area contributed by atoms with Crippen LogP contribution >= 0.6 is 0 Å². The van der Waals surface area contributed by atoms with Crippen molar-refractivity contribution in [2.45, 2.75) is 25.0 Å². The number of ether oxygens (including phenoxy) is 2. The Morgan fingerprint density at radius 3 is 2.57 bits per heavy atom. The summed E-state index contributed by atoms with van der Waals surface area (Å²) < 4.78 is 11.6. The predicted octanol–water partition coefficient (Wildman–Crippen LogP) is 3.10. The van der Waals surface area contributed by atoms with Gasteiger partial charge in [-0.3, -0.25) is 0 Å². The average molecular weight is 283 g/mol. The van der Waals surface area contributed by atoms with Gasteiger partial charge in [0.25, 0.3) is 0 Å². The van der Waals surface area contributed by atoms with Crippen LogP contribution in [-0.4, -0.2) is 19.3 Å². The second-order valence-corrected chi connectivity index (χ2v) is 5.33. The van der Waals surface area contributed by atoms with Crippen LogP contribution < -0.4 is 10.5 Å². The third-order valence-electron chi connectivity index (χ3n) is 3.94. The molecular weight excluding hydrogens is 262 g/mol. The summed E-state index contributed by atoms with van der Waals surface area (Å²) in [5.74, 6) is 0.874. The van der Waals surface area contributed by atoms with Gasteiger partial charge in [-0.2, -0.15) is 0 Å². The number of hydrogen-bond acceptors (Lipinski definition) is 3. The molecule has 2 unspecified atom stereocenters. The zero-order chi connectivity index (χ0) is 14.5. The summed E-state index contributed by atoms with van der Waals surface area (Å²) >= 11 is 0. The van der Waals surface area contributed by atoms with Crippen LogP contribution in [0.1, 0.15) is 23.6 Å². The molecule has 0 amide bonds. The minimum atomic E-state index is -0.0355. The first-order valence-corrected chi connectivity index (χ1v) is 7.47. The van der Waals surface area contributed by atoms with Gasteiger partial charge in [0.1, 0.15) is 12.4 Å². The van der Waals surface area contributed by atoms with Crippen molar-refractivity contribution in [3.05, 3.63) is 65.7 Å². The van der Waals surface area contributed by atoms with Crippen molar-refractivity contribution in [1.29, 1.82) is 0 Å². The highest BCUT2D eigenvalue weighted by molar-refractivity contribution is 5.33. The van der Waals surface area contributed by atoms with Gasteiger partial charge in [0.15, 0.2) is 0 Å². The molecule has 110 valence electrons. The van der Waals surface area contributed by atoms with Gasteiger partial charge in [-0.1, -0.05) is 42.5 Å². The van der Waals surface area contributed by atoms with E-state index in [1.807, 2.05) is 36.4 Å². The number of aryl methyl sites for hydroxylation is 1. The molecule has 0 bridgehead atoms. The van der Waals surface area contributed by atoms with Gasteiger partial charge < -0.3 is 15.2 Å². The predicted molar refractivity (Wildman–Crippen MR) is 83.4 cm³/mol. The molecule has 0 aromatic heterocycles. The van der Waals surface area contributed by atoms with Gasteiger partial charge in [-0.25, -0.2) is 0 Å². The number of benzene rings is 2. The van der Waals surface area contributed by atoms with Crippen molar-refractivity contribution >= 4 is 0 Å². The Morgan fingerprint density at radius 2 is 1.71 bits per heavy atom. The van der Waals surface area contributed by atoms with Gasteiger partial charge in [-0.15, -0.1) is 0 Å². The van der Waals surface area contributed by atoms with Gasteiger partial charge in [0.2, 0.25) is 0 Å². The van der Waals surface area contributed by atoms with Crippen molar-refractivity contribution in [1.82, 2.24) is 0 Å². The highest BCUT2D eigenvalue weighted by Gasteiger charge is 2.26. The van der Waals surface area contributed by atoms with E-state index in [4.69, 9.17) is 15.2 Å². The first-order valence-electron chi connectivity index (χ1n) is 7.47. The van der Waals surface area contributed by atoms with Crippen LogP contribution in [0.3, 0.4) is 0 Å². The summed E-state index contributed by atoms with van der Waals surface area (Å²) in [5.41, 5.74) is 8.89. The molecule has 1 aliphatic rings. The Hall–Kier alpha value is -1.84. The second kappa shape index (κ2) is 6.74. The fourth-order valence-electron chi connectivity index (χ4n) is 2.83. The molecule has 2 atom stereocenters. The zero-order valence-corrected chi connectivity index (χ0v) is 12.1. The Morgan fingerprint density at radius 1 is 0.952 bits per heavy atom. The molecule has 0 aliphatic heterocycles. The normalized spacial score (nSPS) is 20.8. The first kappa shape index (κ1) is 14.1. The molecule has 2 N–H and O–H groups in total. The molecule has 0 saturated heterocycles. The maximum absolute atomic E-state index is 6.32. The van der Waals surface area contributed by atoms with Crippen LogP contribution in [-0.2, 0) is 11.2 Å². The van der Waals surface area contributed by atoms with Gasteiger partial charge in [0.05, 0.1) is 18.8 Å². The second-order valence-electron chi connectivity index (χ2n) is 5.33. The van der Waals surface area contributed by atoms with E-state index in [-0.39, 0.29) is 12.1 Å². The lowest BCUT2D eigenvalue weighted by atomic mass is 9.86. The summed E-state index contributed by atoms with van der Waals surface area (Å²) in [4.78, 5) is 0. The fraction of sp³-hybridized carbons (Fsp3) is 0.333. The van der Waals surface area contributed by atoms with Gasteiger partial charge >= 0.3 is 0 Å². The van der Waals surface area contributed by atoms with Crippen LogP contribution in [0.15, 0.2) is 54.6 Å². The fourth-order valence-corrected chi connectivity index (χ4v) is 2.83. The lowest BCUT2D eigenvalue weighted by molar-refractivity contribution is 0.00984. The van der Waals surface area contributed by atoms with Crippen molar-refractivity contribution in [2.24, 2.45) is 5.73 Å². The van der Waals surface area contributed by atoms with Crippen molar-refractivity contribution in [3.63, 3.8) is 0 Å². The van der Waals surface area contributed by atoms with Crippen LogP contribution in [0.2, 0.25) is 0 Å². The number of hydrogen-bond donors (Lipinski definition) is 1. The van der Waals surface area contributed by atoms with Crippen molar-refractivity contribution in [2.75, 3.05) is 13.2 Å². The smallest absolute Gasteiger partial charge is 0.119 e. The quantitative estimate of drug-likeness (QED) is 0.858. The van der Waals surface area contributed by atoms with E-state index in [9.17, 15) is 0 Å². The average Bonchev–Trinajstić information content (AvgIpc) is 2.55. The number of para-hydroxylation sites is 1. The van der Waals surface area contributed by atoms with E-state index >= 15 is 0 Å². The van der Waals surface area contributed by atoms with Gasteiger partial charge in [0, 0.05) is 0 Å². The maximum Gasteiger partial charge on any atom is 0.119 e. The maximum atomic E-state index is 6.32. The van der Waals surface area contributed by atoms with Crippen LogP contribution in [0, 0.1) is 0 Å². The molecule has 0 saturated carbocycles. The number of fused-ring (bicyclic) bond motifs is 1. The summed E-state index contributed by atoms with van der Waals surface area (Å²) in [6.45, 7) is 1.12. The SMILES string of the molecule is NC1c2ccccc2CCC1OCCOc1ccccc1. The molecule has 0 heterocycles. The Kier molecular flexibility index (Phi) is 4.53. The third kappa shape index (κ3) is 3.43.